The maximum absolute atomic E-state index is 11.9. The van der Waals surface area contributed by atoms with Gasteiger partial charge in [0.2, 0.25) is 5.91 Å². The second kappa shape index (κ2) is 6.17. The van der Waals surface area contributed by atoms with Crippen LogP contribution in [0.15, 0.2) is 12.2 Å². The first-order chi connectivity index (χ1) is 8.06. The van der Waals surface area contributed by atoms with Gasteiger partial charge in [-0.15, -0.1) is 0 Å². The topological polar surface area (TPSA) is 75.3 Å². The van der Waals surface area contributed by atoms with Crippen molar-refractivity contribution in [3.05, 3.63) is 12.2 Å². The lowest BCUT2D eigenvalue weighted by Gasteiger charge is -2.30. The Morgan fingerprint density at radius 3 is 2.53 bits per heavy atom. The average molecular weight is 240 g/mol. The molecule has 0 fully saturated rings. The Morgan fingerprint density at radius 1 is 1.47 bits per heavy atom. The maximum Gasteiger partial charge on any atom is 0.227 e. The van der Waals surface area contributed by atoms with E-state index in [0.29, 0.717) is 13.0 Å². The molecule has 0 aromatic heterocycles. The number of aliphatic hydroxyl groups is 1. The zero-order valence-corrected chi connectivity index (χ0v) is 10.8. The molecule has 1 aliphatic rings. The second-order valence-electron chi connectivity index (χ2n) is 4.97. The number of rotatable bonds is 6. The highest BCUT2D eigenvalue weighted by atomic mass is 16.3. The van der Waals surface area contributed by atoms with E-state index in [-0.39, 0.29) is 29.9 Å². The van der Waals surface area contributed by atoms with Gasteiger partial charge in [-0.2, -0.15) is 0 Å². The smallest absolute Gasteiger partial charge is 0.227 e. The van der Waals surface area contributed by atoms with Crippen LogP contribution in [0.1, 0.15) is 33.1 Å². The van der Waals surface area contributed by atoms with E-state index in [4.69, 9.17) is 5.73 Å². The minimum Gasteiger partial charge on any atom is -0.396 e. The van der Waals surface area contributed by atoms with Gasteiger partial charge in [0.05, 0.1) is 12.5 Å². The van der Waals surface area contributed by atoms with Gasteiger partial charge in [-0.3, -0.25) is 4.79 Å². The molecule has 4 N–H and O–H groups in total. The lowest BCUT2D eigenvalue weighted by Crippen LogP contribution is -2.41. The number of aliphatic hydroxyl groups excluding tert-OH is 1. The minimum absolute atomic E-state index is 0.00528. The molecule has 1 rings (SSSR count). The van der Waals surface area contributed by atoms with Crippen molar-refractivity contribution in [2.75, 3.05) is 13.2 Å². The summed E-state index contributed by atoms with van der Waals surface area (Å²) in [6, 6.07) is 0.00528. The monoisotopic (exact) mass is 240 g/mol. The van der Waals surface area contributed by atoms with Crippen LogP contribution in [0.25, 0.3) is 0 Å². The predicted molar refractivity (Wildman–Crippen MR) is 68.3 cm³/mol. The Hall–Kier alpha value is -0.870. The highest BCUT2D eigenvalue weighted by Crippen LogP contribution is 2.25. The van der Waals surface area contributed by atoms with Gasteiger partial charge in [-0.1, -0.05) is 26.0 Å². The number of hydrogen-bond donors (Lipinski definition) is 3. The summed E-state index contributed by atoms with van der Waals surface area (Å²) in [5.41, 5.74) is 5.54. The molecule has 0 aromatic rings. The van der Waals surface area contributed by atoms with E-state index in [9.17, 15) is 9.90 Å². The molecule has 0 heterocycles. The molecular weight excluding hydrogens is 216 g/mol. The molecule has 0 spiro atoms. The Bertz CT molecular complexity index is 277. The number of carbonyl (C=O) groups is 1. The second-order valence-corrected chi connectivity index (χ2v) is 4.97. The van der Waals surface area contributed by atoms with Crippen molar-refractivity contribution in [1.29, 1.82) is 0 Å². The lowest BCUT2D eigenvalue weighted by molar-refractivity contribution is -0.124. The SMILES string of the molecule is CCC(CC)(CO)CNC(=O)C1C=CC(N)C1. The molecule has 0 aliphatic heterocycles. The molecule has 98 valence electrons. The normalized spacial score (nSPS) is 24.0. The van der Waals surface area contributed by atoms with Crippen LogP contribution >= 0.6 is 0 Å². The van der Waals surface area contributed by atoms with E-state index in [2.05, 4.69) is 5.32 Å². The highest BCUT2D eigenvalue weighted by Gasteiger charge is 2.28. The summed E-state index contributed by atoms with van der Waals surface area (Å²) in [5, 5.41) is 12.3. The van der Waals surface area contributed by atoms with E-state index < -0.39 is 0 Å². The maximum atomic E-state index is 11.9. The van der Waals surface area contributed by atoms with Gasteiger partial charge in [-0.25, -0.2) is 0 Å². The molecule has 2 unspecified atom stereocenters. The quantitative estimate of drug-likeness (QED) is 0.601. The third-order valence-electron chi connectivity index (χ3n) is 3.93. The van der Waals surface area contributed by atoms with Crippen LogP contribution in [-0.4, -0.2) is 30.2 Å². The fraction of sp³-hybridized carbons (Fsp3) is 0.769. The molecular formula is C13H24N2O2. The number of hydrogen-bond acceptors (Lipinski definition) is 3. The van der Waals surface area contributed by atoms with Crippen molar-refractivity contribution in [2.45, 2.75) is 39.2 Å². The number of nitrogens with one attached hydrogen (secondary N) is 1. The Kier molecular flexibility index (Phi) is 5.15. The van der Waals surface area contributed by atoms with Gasteiger partial charge in [0.1, 0.15) is 0 Å². The average Bonchev–Trinajstić information content (AvgIpc) is 2.78. The fourth-order valence-corrected chi connectivity index (χ4v) is 2.11. The molecule has 4 heteroatoms. The molecule has 0 saturated carbocycles. The summed E-state index contributed by atoms with van der Waals surface area (Å²) in [5.74, 6) is -0.0796. The van der Waals surface area contributed by atoms with E-state index in [0.717, 1.165) is 12.8 Å². The van der Waals surface area contributed by atoms with Crippen molar-refractivity contribution in [3.8, 4) is 0 Å². The van der Waals surface area contributed by atoms with E-state index >= 15 is 0 Å². The van der Waals surface area contributed by atoms with Gasteiger partial charge in [0, 0.05) is 18.0 Å². The Labute approximate surface area is 103 Å². The van der Waals surface area contributed by atoms with Gasteiger partial charge in [0.25, 0.3) is 0 Å². The molecule has 0 aromatic carbocycles. The van der Waals surface area contributed by atoms with Crippen LogP contribution < -0.4 is 11.1 Å². The van der Waals surface area contributed by atoms with Crippen LogP contribution in [0.2, 0.25) is 0 Å². The van der Waals surface area contributed by atoms with Crippen LogP contribution in [0.4, 0.5) is 0 Å². The molecule has 4 nitrogen and oxygen atoms in total. The van der Waals surface area contributed by atoms with E-state index in [1.807, 2.05) is 26.0 Å². The third-order valence-corrected chi connectivity index (χ3v) is 3.93. The van der Waals surface area contributed by atoms with Crippen LogP contribution in [0.3, 0.4) is 0 Å². The van der Waals surface area contributed by atoms with Crippen LogP contribution in [0, 0.1) is 11.3 Å². The molecule has 17 heavy (non-hydrogen) atoms. The van der Waals surface area contributed by atoms with Crippen molar-refractivity contribution in [3.63, 3.8) is 0 Å². The summed E-state index contributed by atoms with van der Waals surface area (Å²) >= 11 is 0. The van der Waals surface area contributed by atoms with Crippen molar-refractivity contribution in [1.82, 2.24) is 5.32 Å². The first-order valence-corrected chi connectivity index (χ1v) is 6.39. The predicted octanol–water partition coefficient (Wildman–Crippen LogP) is 0.805. The summed E-state index contributed by atoms with van der Waals surface area (Å²) in [6.45, 7) is 4.73. The van der Waals surface area contributed by atoms with Crippen molar-refractivity contribution >= 4 is 5.91 Å². The number of amides is 1. The largest absolute Gasteiger partial charge is 0.396 e. The fourth-order valence-electron chi connectivity index (χ4n) is 2.11. The number of carbonyl (C=O) groups excluding carboxylic acids is 1. The van der Waals surface area contributed by atoms with Crippen LogP contribution in [0.5, 0.6) is 0 Å². The first-order valence-electron chi connectivity index (χ1n) is 6.39. The zero-order chi connectivity index (χ0) is 12.9. The molecule has 1 amide bonds. The van der Waals surface area contributed by atoms with Gasteiger partial charge >= 0.3 is 0 Å². The molecule has 0 bridgehead atoms. The highest BCUT2D eigenvalue weighted by molar-refractivity contribution is 5.81. The number of nitrogens with two attached hydrogens (primary N) is 1. The standard InChI is InChI=1S/C13H24N2O2/c1-3-13(4-2,9-16)8-15-12(17)10-5-6-11(14)7-10/h5-6,10-11,16H,3-4,7-9,14H2,1-2H3,(H,15,17). The molecule has 0 saturated heterocycles. The van der Waals surface area contributed by atoms with Crippen molar-refractivity contribution < 1.29 is 9.90 Å². The van der Waals surface area contributed by atoms with Crippen molar-refractivity contribution in [2.24, 2.45) is 17.1 Å². The zero-order valence-electron chi connectivity index (χ0n) is 10.8. The van der Waals surface area contributed by atoms with Crippen LogP contribution in [-0.2, 0) is 4.79 Å². The molecule has 1 aliphatic carbocycles. The third kappa shape index (κ3) is 3.54. The summed E-state index contributed by atoms with van der Waals surface area (Å²) in [6.07, 6.45) is 6.17. The van der Waals surface area contributed by atoms with E-state index in [1.54, 1.807) is 0 Å². The molecule has 2 atom stereocenters. The molecule has 0 radical (unpaired) electrons. The van der Waals surface area contributed by atoms with Gasteiger partial charge < -0.3 is 16.2 Å². The summed E-state index contributed by atoms with van der Waals surface area (Å²) in [4.78, 5) is 11.9. The summed E-state index contributed by atoms with van der Waals surface area (Å²) < 4.78 is 0. The summed E-state index contributed by atoms with van der Waals surface area (Å²) in [7, 11) is 0. The van der Waals surface area contributed by atoms with E-state index in [1.165, 1.54) is 0 Å². The Morgan fingerprint density at radius 2 is 2.12 bits per heavy atom. The minimum atomic E-state index is -0.180. The lowest BCUT2D eigenvalue weighted by atomic mass is 9.83. The Balaban J connectivity index is 2.44. The first kappa shape index (κ1) is 14.2. The van der Waals surface area contributed by atoms with Gasteiger partial charge in [-0.05, 0) is 19.3 Å². The van der Waals surface area contributed by atoms with Gasteiger partial charge in [0.15, 0.2) is 0 Å².